The molecule has 2 aromatic carbocycles. The van der Waals surface area contributed by atoms with E-state index in [9.17, 15) is 4.79 Å². The third kappa shape index (κ3) is 2.01. The number of hydrogen-bond acceptors (Lipinski definition) is 1. The average Bonchev–Trinajstić information content (AvgIpc) is 3.04. The summed E-state index contributed by atoms with van der Waals surface area (Å²) in [6.45, 7) is 0. The molecule has 0 bridgehead atoms. The maximum absolute atomic E-state index is 12.3. The zero-order chi connectivity index (χ0) is 14.4. The van der Waals surface area contributed by atoms with Crippen molar-refractivity contribution in [2.45, 2.75) is 12.3 Å². The Morgan fingerprint density at radius 3 is 2.95 bits per heavy atom. The molecule has 0 fully saturated rings. The molecule has 0 aliphatic carbocycles. The number of amides is 1. The molecule has 0 saturated carbocycles. The van der Waals surface area contributed by atoms with Gasteiger partial charge in [-0.3, -0.25) is 4.79 Å². The standard InChI is InChI=1S/C17H13ClN2O/c18-11-4-5-13-14(17(21)20-16(13)9-11)8-10-2-1-3-15-12(10)6-7-19-15/h1-7,9,14,19H,8H2,(H,20,21)/t14-/m1/s1. The SMILES string of the molecule is O=C1Nc2cc(Cl)ccc2[C@H]1Cc1cccc2[nH]ccc12. The molecule has 2 heterocycles. The number of aromatic amines is 1. The van der Waals surface area contributed by atoms with E-state index < -0.39 is 0 Å². The lowest BCUT2D eigenvalue weighted by atomic mass is 9.92. The predicted molar refractivity (Wildman–Crippen MR) is 84.8 cm³/mol. The largest absolute Gasteiger partial charge is 0.361 e. The van der Waals surface area contributed by atoms with E-state index in [1.165, 1.54) is 10.9 Å². The number of aromatic nitrogens is 1. The molecule has 0 radical (unpaired) electrons. The van der Waals surface area contributed by atoms with Crippen molar-refractivity contribution in [3.63, 3.8) is 0 Å². The summed E-state index contributed by atoms with van der Waals surface area (Å²) < 4.78 is 0. The van der Waals surface area contributed by atoms with Crippen molar-refractivity contribution >= 4 is 34.1 Å². The molecule has 1 atom stereocenters. The highest BCUT2D eigenvalue weighted by Gasteiger charge is 2.30. The van der Waals surface area contributed by atoms with E-state index in [1.807, 2.05) is 36.5 Å². The third-order valence-corrected chi connectivity index (χ3v) is 4.31. The minimum Gasteiger partial charge on any atom is -0.361 e. The molecule has 0 saturated heterocycles. The fourth-order valence-electron chi connectivity index (χ4n) is 3.05. The second kappa shape index (κ2) is 4.64. The molecule has 4 rings (SSSR count). The summed E-state index contributed by atoms with van der Waals surface area (Å²) in [5.74, 6) is -0.113. The van der Waals surface area contributed by atoms with Gasteiger partial charge in [-0.2, -0.15) is 0 Å². The van der Waals surface area contributed by atoms with E-state index in [4.69, 9.17) is 11.6 Å². The van der Waals surface area contributed by atoms with Crippen molar-refractivity contribution in [1.82, 2.24) is 4.98 Å². The second-order valence-electron chi connectivity index (χ2n) is 5.33. The van der Waals surface area contributed by atoms with Crippen LogP contribution in [0, 0.1) is 0 Å². The first-order chi connectivity index (χ1) is 10.2. The van der Waals surface area contributed by atoms with Gasteiger partial charge in [0.1, 0.15) is 0 Å². The molecule has 3 nitrogen and oxygen atoms in total. The molecular weight excluding hydrogens is 284 g/mol. The van der Waals surface area contributed by atoms with Crippen molar-refractivity contribution in [2.75, 3.05) is 5.32 Å². The van der Waals surface area contributed by atoms with Gasteiger partial charge in [0.15, 0.2) is 0 Å². The van der Waals surface area contributed by atoms with Crippen LogP contribution in [0.1, 0.15) is 17.0 Å². The van der Waals surface area contributed by atoms with Crippen LogP contribution in [0.3, 0.4) is 0 Å². The van der Waals surface area contributed by atoms with Gasteiger partial charge in [0.05, 0.1) is 5.92 Å². The molecular formula is C17H13ClN2O. The van der Waals surface area contributed by atoms with E-state index in [0.717, 1.165) is 16.8 Å². The van der Waals surface area contributed by atoms with Crippen molar-refractivity contribution in [3.8, 4) is 0 Å². The highest BCUT2D eigenvalue weighted by atomic mass is 35.5. The zero-order valence-electron chi connectivity index (χ0n) is 11.2. The van der Waals surface area contributed by atoms with Crippen LogP contribution in [0.4, 0.5) is 5.69 Å². The van der Waals surface area contributed by atoms with E-state index in [1.54, 1.807) is 0 Å². The molecule has 0 spiro atoms. The normalized spacial score (nSPS) is 17.0. The topological polar surface area (TPSA) is 44.9 Å². The quantitative estimate of drug-likeness (QED) is 0.735. The number of halogens is 1. The van der Waals surface area contributed by atoms with E-state index >= 15 is 0 Å². The van der Waals surface area contributed by atoms with Gasteiger partial charge in [-0.05, 0) is 41.8 Å². The Bertz CT molecular complexity index is 853. The van der Waals surface area contributed by atoms with Crippen molar-refractivity contribution < 1.29 is 4.79 Å². The lowest BCUT2D eigenvalue weighted by molar-refractivity contribution is -0.117. The molecule has 3 aromatic rings. The van der Waals surface area contributed by atoms with Crippen LogP contribution in [-0.2, 0) is 11.2 Å². The smallest absolute Gasteiger partial charge is 0.232 e. The fourth-order valence-corrected chi connectivity index (χ4v) is 3.22. The lowest BCUT2D eigenvalue weighted by Gasteiger charge is -2.10. The molecule has 2 N–H and O–H groups in total. The predicted octanol–water partition coefficient (Wildman–Crippen LogP) is 4.10. The van der Waals surface area contributed by atoms with Gasteiger partial charge in [0, 0.05) is 27.8 Å². The molecule has 1 aliphatic rings. The molecule has 0 unspecified atom stereocenters. The summed E-state index contributed by atoms with van der Waals surface area (Å²) in [6.07, 6.45) is 2.62. The number of fused-ring (bicyclic) bond motifs is 2. The van der Waals surface area contributed by atoms with Crippen LogP contribution in [0.2, 0.25) is 5.02 Å². The number of anilines is 1. The number of benzene rings is 2. The maximum atomic E-state index is 12.3. The summed E-state index contributed by atoms with van der Waals surface area (Å²) >= 11 is 5.99. The summed E-state index contributed by atoms with van der Waals surface area (Å²) in [5, 5.41) is 4.73. The van der Waals surface area contributed by atoms with Crippen molar-refractivity contribution in [2.24, 2.45) is 0 Å². The number of H-pyrrole nitrogens is 1. The van der Waals surface area contributed by atoms with Gasteiger partial charge < -0.3 is 10.3 Å². The maximum Gasteiger partial charge on any atom is 0.232 e. The van der Waals surface area contributed by atoms with E-state index in [2.05, 4.69) is 22.4 Å². The van der Waals surface area contributed by atoms with Crippen LogP contribution in [0.15, 0.2) is 48.7 Å². The monoisotopic (exact) mass is 296 g/mol. The summed E-state index contributed by atoms with van der Waals surface area (Å²) in [7, 11) is 0. The number of rotatable bonds is 2. The summed E-state index contributed by atoms with van der Waals surface area (Å²) in [5.41, 5.74) is 4.13. The van der Waals surface area contributed by atoms with Crippen LogP contribution in [0.25, 0.3) is 10.9 Å². The highest BCUT2D eigenvalue weighted by molar-refractivity contribution is 6.31. The Morgan fingerprint density at radius 2 is 2.05 bits per heavy atom. The summed E-state index contributed by atoms with van der Waals surface area (Å²) in [4.78, 5) is 15.5. The Morgan fingerprint density at radius 1 is 1.14 bits per heavy atom. The molecule has 1 aliphatic heterocycles. The molecule has 4 heteroatoms. The van der Waals surface area contributed by atoms with Gasteiger partial charge in [-0.25, -0.2) is 0 Å². The van der Waals surface area contributed by atoms with Crippen LogP contribution < -0.4 is 5.32 Å². The van der Waals surface area contributed by atoms with Crippen molar-refractivity contribution in [3.05, 3.63) is 64.8 Å². The van der Waals surface area contributed by atoms with E-state index in [-0.39, 0.29) is 11.8 Å². The number of carbonyl (C=O) groups excluding carboxylic acids is 1. The third-order valence-electron chi connectivity index (χ3n) is 4.07. The van der Waals surface area contributed by atoms with Gasteiger partial charge in [0.25, 0.3) is 0 Å². The number of carbonyl (C=O) groups is 1. The summed E-state index contributed by atoms with van der Waals surface area (Å²) in [6, 6.07) is 13.8. The van der Waals surface area contributed by atoms with E-state index in [0.29, 0.717) is 11.4 Å². The molecule has 1 amide bonds. The first-order valence-corrected chi connectivity index (χ1v) is 7.25. The van der Waals surface area contributed by atoms with Crippen LogP contribution in [0.5, 0.6) is 0 Å². The second-order valence-corrected chi connectivity index (χ2v) is 5.77. The minimum absolute atomic E-state index is 0.0415. The van der Waals surface area contributed by atoms with Gasteiger partial charge in [-0.1, -0.05) is 29.8 Å². The zero-order valence-corrected chi connectivity index (χ0v) is 11.9. The van der Waals surface area contributed by atoms with Crippen LogP contribution in [-0.4, -0.2) is 10.9 Å². The van der Waals surface area contributed by atoms with Gasteiger partial charge >= 0.3 is 0 Å². The van der Waals surface area contributed by atoms with Crippen LogP contribution >= 0.6 is 11.6 Å². The Labute approximate surface area is 126 Å². The first-order valence-electron chi connectivity index (χ1n) is 6.87. The molecule has 1 aromatic heterocycles. The number of nitrogens with one attached hydrogen (secondary N) is 2. The molecule has 21 heavy (non-hydrogen) atoms. The minimum atomic E-state index is -0.155. The lowest BCUT2D eigenvalue weighted by Crippen LogP contribution is -2.14. The Hall–Kier alpha value is -2.26. The highest BCUT2D eigenvalue weighted by Crippen LogP contribution is 2.37. The first kappa shape index (κ1) is 12.5. The molecule has 104 valence electrons. The average molecular weight is 297 g/mol. The Kier molecular flexibility index (Phi) is 2.76. The number of hydrogen-bond donors (Lipinski definition) is 2. The van der Waals surface area contributed by atoms with Gasteiger partial charge in [-0.15, -0.1) is 0 Å². The fraction of sp³-hybridized carbons (Fsp3) is 0.118. The Balaban J connectivity index is 1.75. The van der Waals surface area contributed by atoms with Gasteiger partial charge in [0.2, 0.25) is 5.91 Å². The van der Waals surface area contributed by atoms with Crippen molar-refractivity contribution in [1.29, 1.82) is 0 Å².